The molecule has 3 N–H and O–H groups in total. The van der Waals surface area contributed by atoms with Crippen LogP contribution < -0.4 is 11.1 Å². The molecule has 2 aliphatic rings. The van der Waals surface area contributed by atoms with E-state index in [1.165, 1.54) is 41.5 Å². The molecule has 5 heteroatoms. The maximum absolute atomic E-state index is 11.0. The molecule has 0 radical (unpaired) electrons. The minimum atomic E-state index is -0.00833. The van der Waals surface area contributed by atoms with E-state index in [-0.39, 0.29) is 5.91 Å². The van der Waals surface area contributed by atoms with E-state index in [2.05, 4.69) is 49.3 Å². The summed E-state index contributed by atoms with van der Waals surface area (Å²) >= 11 is 6.89. The topological polar surface area (TPSA) is 55.1 Å². The van der Waals surface area contributed by atoms with E-state index in [1.54, 1.807) is 6.92 Å². The van der Waals surface area contributed by atoms with E-state index in [4.69, 9.17) is 5.73 Å². The second-order valence-electron chi connectivity index (χ2n) is 6.55. The molecule has 0 saturated heterocycles. The zero-order valence-corrected chi connectivity index (χ0v) is 17.5. The molecular weight excluding hydrogens is 444 g/mol. The lowest BCUT2D eigenvalue weighted by Crippen LogP contribution is -2.08. The van der Waals surface area contributed by atoms with Crippen LogP contribution >= 0.6 is 31.9 Å². The fourth-order valence-electron chi connectivity index (χ4n) is 3.62. The van der Waals surface area contributed by atoms with Crippen molar-refractivity contribution >= 4 is 49.1 Å². The third-order valence-electron chi connectivity index (χ3n) is 4.81. The van der Waals surface area contributed by atoms with Crippen LogP contribution in [0.5, 0.6) is 0 Å². The summed E-state index contributed by atoms with van der Waals surface area (Å²) in [5, 5.41) is 2.89. The number of carbonyl (C=O) groups is 1. The molecule has 0 atom stereocenters. The van der Waals surface area contributed by atoms with Crippen LogP contribution in [-0.2, 0) is 30.5 Å². The standard InChI is InChI=1S/C11H12BrNO.C9H10BrN/c1-7(14)13-11-9-4-2-3-8(9)5-6-10(11)12;10-8-5-4-6-2-1-3-7(6)9(8)11/h5-6H,2-4H2,1H3,(H,13,14);4-5H,1-3,11H2. The smallest absolute Gasteiger partial charge is 0.221 e. The Balaban J connectivity index is 0.000000150. The van der Waals surface area contributed by atoms with Crippen molar-refractivity contribution in [2.24, 2.45) is 0 Å². The molecule has 2 aromatic carbocycles. The van der Waals surface area contributed by atoms with E-state index in [1.807, 2.05) is 12.1 Å². The van der Waals surface area contributed by atoms with Crippen LogP contribution in [0, 0.1) is 0 Å². The highest BCUT2D eigenvalue weighted by Crippen LogP contribution is 2.35. The van der Waals surface area contributed by atoms with Gasteiger partial charge in [-0.2, -0.15) is 0 Å². The molecule has 0 heterocycles. The van der Waals surface area contributed by atoms with Crippen molar-refractivity contribution in [3.63, 3.8) is 0 Å². The van der Waals surface area contributed by atoms with Gasteiger partial charge in [-0.3, -0.25) is 4.79 Å². The van der Waals surface area contributed by atoms with E-state index >= 15 is 0 Å². The lowest BCUT2D eigenvalue weighted by Gasteiger charge is -2.10. The summed E-state index contributed by atoms with van der Waals surface area (Å²) in [4.78, 5) is 11.0. The van der Waals surface area contributed by atoms with Crippen molar-refractivity contribution in [1.29, 1.82) is 0 Å². The Kier molecular flexibility index (Phi) is 5.85. The molecule has 0 bridgehead atoms. The number of aryl methyl sites for hydroxylation is 2. The molecular formula is C20H22Br2N2O. The predicted molar refractivity (Wildman–Crippen MR) is 111 cm³/mol. The summed E-state index contributed by atoms with van der Waals surface area (Å²) in [7, 11) is 0. The Hall–Kier alpha value is -1.33. The number of anilines is 2. The van der Waals surface area contributed by atoms with Crippen molar-refractivity contribution in [3.05, 3.63) is 55.5 Å². The number of benzene rings is 2. The first-order valence-electron chi connectivity index (χ1n) is 8.61. The van der Waals surface area contributed by atoms with Crippen molar-refractivity contribution in [3.8, 4) is 0 Å². The Labute approximate surface area is 165 Å². The SMILES string of the molecule is CC(=O)Nc1c(Br)ccc2c1CCC2.Nc1c(Br)ccc2c1CCC2. The number of carbonyl (C=O) groups excluding carboxylic acids is 1. The van der Waals surface area contributed by atoms with Gasteiger partial charge in [-0.1, -0.05) is 12.1 Å². The first kappa shape index (κ1) is 18.5. The molecule has 2 aliphatic carbocycles. The van der Waals surface area contributed by atoms with Crippen molar-refractivity contribution < 1.29 is 4.79 Å². The summed E-state index contributed by atoms with van der Waals surface area (Å²) in [5.41, 5.74) is 13.3. The number of hydrogen-bond acceptors (Lipinski definition) is 2. The zero-order valence-electron chi connectivity index (χ0n) is 14.3. The minimum Gasteiger partial charge on any atom is -0.398 e. The lowest BCUT2D eigenvalue weighted by molar-refractivity contribution is -0.114. The number of rotatable bonds is 1. The van der Waals surface area contributed by atoms with Crippen molar-refractivity contribution in [1.82, 2.24) is 0 Å². The van der Waals surface area contributed by atoms with Crippen LogP contribution in [0.2, 0.25) is 0 Å². The van der Waals surface area contributed by atoms with Gasteiger partial charge in [0.05, 0.1) is 5.69 Å². The van der Waals surface area contributed by atoms with Crippen LogP contribution in [0.25, 0.3) is 0 Å². The highest BCUT2D eigenvalue weighted by Gasteiger charge is 2.17. The van der Waals surface area contributed by atoms with Gasteiger partial charge in [0.25, 0.3) is 0 Å². The monoisotopic (exact) mass is 464 g/mol. The van der Waals surface area contributed by atoms with E-state index in [0.717, 1.165) is 39.6 Å². The maximum atomic E-state index is 11.0. The van der Waals surface area contributed by atoms with Gasteiger partial charge < -0.3 is 11.1 Å². The largest absolute Gasteiger partial charge is 0.398 e. The second kappa shape index (κ2) is 7.92. The van der Waals surface area contributed by atoms with Gasteiger partial charge in [0.1, 0.15) is 0 Å². The molecule has 2 aromatic rings. The Morgan fingerprint density at radius 1 is 0.920 bits per heavy atom. The van der Waals surface area contributed by atoms with Crippen LogP contribution in [0.1, 0.15) is 42.0 Å². The van der Waals surface area contributed by atoms with Crippen LogP contribution in [0.3, 0.4) is 0 Å². The Bertz CT molecular complexity index is 818. The average Bonchev–Trinajstić information content (AvgIpc) is 3.23. The average molecular weight is 466 g/mol. The molecule has 4 rings (SSSR count). The lowest BCUT2D eigenvalue weighted by atomic mass is 10.1. The number of halogens is 2. The molecule has 0 saturated carbocycles. The summed E-state index contributed by atoms with van der Waals surface area (Å²) in [6.45, 7) is 1.54. The first-order valence-corrected chi connectivity index (χ1v) is 10.2. The van der Waals surface area contributed by atoms with Crippen molar-refractivity contribution in [2.45, 2.75) is 45.4 Å². The van der Waals surface area contributed by atoms with Gasteiger partial charge in [-0.25, -0.2) is 0 Å². The fraction of sp³-hybridized carbons (Fsp3) is 0.350. The second-order valence-corrected chi connectivity index (χ2v) is 8.26. The minimum absolute atomic E-state index is 0.00833. The number of nitrogens with one attached hydrogen (secondary N) is 1. The molecule has 132 valence electrons. The number of nitrogen functional groups attached to an aromatic ring is 1. The molecule has 0 aliphatic heterocycles. The number of fused-ring (bicyclic) bond motifs is 2. The first-order chi connectivity index (χ1) is 12.0. The van der Waals surface area contributed by atoms with Gasteiger partial charge in [0.15, 0.2) is 0 Å². The Morgan fingerprint density at radius 2 is 1.48 bits per heavy atom. The van der Waals surface area contributed by atoms with Crippen LogP contribution in [-0.4, -0.2) is 5.91 Å². The molecule has 0 unspecified atom stereocenters. The number of amides is 1. The quantitative estimate of drug-likeness (QED) is 0.552. The summed E-state index contributed by atoms with van der Waals surface area (Å²) in [6, 6.07) is 8.36. The highest BCUT2D eigenvalue weighted by atomic mass is 79.9. The van der Waals surface area contributed by atoms with Gasteiger partial charge in [0.2, 0.25) is 5.91 Å². The molecule has 25 heavy (non-hydrogen) atoms. The summed E-state index contributed by atoms with van der Waals surface area (Å²) in [5.74, 6) is -0.00833. The normalized spacial score (nSPS) is 14.4. The van der Waals surface area contributed by atoms with E-state index < -0.39 is 0 Å². The number of hydrogen-bond donors (Lipinski definition) is 2. The molecule has 0 spiro atoms. The van der Waals surface area contributed by atoms with E-state index in [0.29, 0.717) is 0 Å². The van der Waals surface area contributed by atoms with Gasteiger partial charge in [0, 0.05) is 21.6 Å². The summed E-state index contributed by atoms with van der Waals surface area (Å²) in [6.07, 6.45) is 7.02. The van der Waals surface area contributed by atoms with Crippen LogP contribution in [0.15, 0.2) is 33.2 Å². The molecule has 3 nitrogen and oxygen atoms in total. The van der Waals surface area contributed by atoms with Crippen molar-refractivity contribution in [2.75, 3.05) is 11.1 Å². The van der Waals surface area contributed by atoms with Crippen LogP contribution in [0.4, 0.5) is 11.4 Å². The number of nitrogens with two attached hydrogens (primary N) is 1. The molecule has 0 aromatic heterocycles. The fourth-order valence-corrected chi connectivity index (χ4v) is 4.46. The van der Waals surface area contributed by atoms with Gasteiger partial charge in [-0.15, -0.1) is 0 Å². The molecule has 0 fully saturated rings. The third-order valence-corrected chi connectivity index (χ3v) is 6.16. The summed E-state index contributed by atoms with van der Waals surface area (Å²) < 4.78 is 2.02. The molecule has 1 amide bonds. The Morgan fingerprint density at radius 3 is 2.12 bits per heavy atom. The zero-order chi connectivity index (χ0) is 18.0. The van der Waals surface area contributed by atoms with E-state index in [9.17, 15) is 4.79 Å². The predicted octanol–water partition coefficient (Wildman–Crippen LogP) is 5.42. The van der Waals surface area contributed by atoms with Gasteiger partial charge in [-0.05, 0) is 105 Å². The maximum Gasteiger partial charge on any atom is 0.221 e. The van der Waals surface area contributed by atoms with Gasteiger partial charge >= 0.3 is 0 Å². The highest BCUT2D eigenvalue weighted by molar-refractivity contribution is 9.11. The third kappa shape index (κ3) is 4.09.